The molecule has 0 bridgehead atoms. The van der Waals surface area contributed by atoms with Gasteiger partial charge in [0.05, 0.1) is 56.0 Å². The average Bonchev–Trinajstić information content (AvgIpc) is 3.92. The van der Waals surface area contributed by atoms with Crippen molar-refractivity contribution in [1.29, 1.82) is 5.26 Å². The maximum absolute atomic E-state index is 14.1. The Morgan fingerprint density at radius 2 is 0.743 bits per heavy atom. The highest BCUT2D eigenvalue weighted by Gasteiger charge is 2.32. The Morgan fingerprint density at radius 1 is 0.365 bits per heavy atom. The number of pyridine rings is 1. The zero-order valence-corrected chi connectivity index (χ0v) is 39.7. The summed E-state index contributed by atoms with van der Waals surface area (Å²) < 4.78 is 89.0. The number of nitriles is 1. The van der Waals surface area contributed by atoms with Crippen LogP contribution in [0.15, 0.2) is 206 Å². The van der Waals surface area contributed by atoms with Gasteiger partial charge in [-0.1, -0.05) is 121 Å². The van der Waals surface area contributed by atoms with Gasteiger partial charge in [-0.05, 0) is 143 Å². The third kappa shape index (κ3) is 8.03. The Labute approximate surface area is 421 Å². The van der Waals surface area contributed by atoms with Crippen molar-refractivity contribution >= 4 is 43.6 Å². The molecule has 3 aromatic heterocycles. The molecule has 0 saturated carbocycles. The van der Waals surface area contributed by atoms with Crippen molar-refractivity contribution < 1.29 is 26.3 Å². The molecule has 0 fully saturated rings. The number of rotatable bonds is 7. The second-order valence-corrected chi connectivity index (χ2v) is 18.7. The summed E-state index contributed by atoms with van der Waals surface area (Å²) in [5.41, 5.74) is 10.9. The molecule has 74 heavy (non-hydrogen) atoms. The van der Waals surface area contributed by atoms with Gasteiger partial charge in [-0.25, -0.2) is 4.98 Å². The number of aromatic nitrogens is 3. The Kier molecular flexibility index (Phi) is 10.9. The Balaban J connectivity index is 1.16. The normalized spacial score (nSPS) is 12.0. The fraction of sp³-hybridized carbons (Fsp3) is 0.0625. The van der Waals surface area contributed by atoms with Gasteiger partial charge in [0.25, 0.3) is 0 Å². The van der Waals surface area contributed by atoms with E-state index in [0.717, 1.165) is 89.4 Å². The monoisotopic (exact) mass is 978 g/mol. The maximum atomic E-state index is 14.1. The van der Waals surface area contributed by atoms with Crippen molar-refractivity contribution in [2.75, 3.05) is 0 Å². The molecule has 4 nitrogen and oxygen atoms in total. The second-order valence-electron chi connectivity index (χ2n) is 18.7. The molecule has 0 aliphatic heterocycles. The summed E-state index contributed by atoms with van der Waals surface area (Å²) in [5, 5.41) is 14.9. The van der Waals surface area contributed by atoms with Crippen molar-refractivity contribution in [3.63, 3.8) is 0 Å². The molecule has 9 aromatic carbocycles. The molecule has 0 saturated heterocycles. The zero-order chi connectivity index (χ0) is 51.0. The number of alkyl halides is 6. The van der Waals surface area contributed by atoms with E-state index in [1.165, 1.54) is 12.1 Å². The van der Waals surface area contributed by atoms with E-state index in [2.05, 4.69) is 15.2 Å². The van der Waals surface area contributed by atoms with E-state index in [9.17, 15) is 31.6 Å². The highest BCUT2D eigenvalue weighted by atomic mass is 19.4. The van der Waals surface area contributed by atoms with Crippen LogP contribution in [0.25, 0.3) is 111 Å². The van der Waals surface area contributed by atoms with Gasteiger partial charge in [-0.2, -0.15) is 31.6 Å². The summed E-state index contributed by atoms with van der Waals surface area (Å²) >= 11 is 0. The molecule has 0 spiro atoms. The zero-order valence-electron chi connectivity index (χ0n) is 39.7. The number of aryl methyl sites for hydroxylation is 2. The van der Waals surface area contributed by atoms with Crippen LogP contribution in [0.3, 0.4) is 0 Å². The third-order valence-electron chi connectivity index (χ3n) is 13.8. The molecule has 358 valence electrons. The summed E-state index contributed by atoms with van der Waals surface area (Å²) in [5.74, 6) is 0. The first kappa shape index (κ1) is 45.9. The predicted octanol–water partition coefficient (Wildman–Crippen LogP) is 18.1. The van der Waals surface area contributed by atoms with Gasteiger partial charge in [0.15, 0.2) is 0 Å². The fourth-order valence-corrected chi connectivity index (χ4v) is 10.5. The Hall–Kier alpha value is -9.20. The van der Waals surface area contributed by atoms with Crippen LogP contribution >= 0.6 is 0 Å². The molecule has 0 N–H and O–H groups in total. The molecule has 0 radical (unpaired) electrons. The molecule has 0 aliphatic rings. The second kappa shape index (κ2) is 17.5. The lowest BCUT2D eigenvalue weighted by atomic mass is 9.96. The van der Waals surface area contributed by atoms with E-state index in [-0.39, 0.29) is 0 Å². The SMILES string of the molecule is Cc1cc(-c2ccc3c(c2)c2ccccc2n3-c2cc(-c3cc(-c4ccccc4)nc(-c4ccccc4)c3)cc(-n3c4ccccc4c4cc(-c5cc(C)cc(C(F)(F)F)c5)ccc43)c2C#N)cc(C(F)(F)F)c1. The average molecular weight is 979 g/mol. The minimum absolute atomic E-state index is 0.329. The lowest BCUT2D eigenvalue weighted by molar-refractivity contribution is -0.138. The predicted molar refractivity (Wildman–Crippen MR) is 284 cm³/mol. The number of fused-ring (bicyclic) bond motifs is 6. The van der Waals surface area contributed by atoms with Crippen molar-refractivity contribution in [3.05, 3.63) is 234 Å². The molecule has 0 amide bonds. The van der Waals surface area contributed by atoms with Crippen molar-refractivity contribution in [1.82, 2.24) is 14.1 Å². The Bertz CT molecular complexity index is 3990. The number of nitrogens with zero attached hydrogens (tertiary/aromatic N) is 4. The van der Waals surface area contributed by atoms with E-state index >= 15 is 0 Å². The van der Waals surface area contributed by atoms with Gasteiger partial charge in [0.2, 0.25) is 0 Å². The smallest absolute Gasteiger partial charge is 0.308 e. The number of hydrogen-bond donors (Lipinski definition) is 0. The first-order chi connectivity index (χ1) is 35.7. The minimum atomic E-state index is -4.53. The fourth-order valence-electron chi connectivity index (χ4n) is 10.5. The molecule has 0 atom stereocenters. The van der Waals surface area contributed by atoms with Gasteiger partial charge in [-0.3, -0.25) is 0 Å². The number of hydrogen-bond acceptors (Lipinski definition) is 2. The highest BCUT2D eigenvalue weighted by molar-refractivity contribution is 6.12. The van der Waals surface area contributed by atoms with Crippen LogP contribution in [0.5, 0.6) is 0 Å². The lowest BCUT2D eigenvalue weighted by Crippen LogP contribution is -2.06. The highest BCUT2D eigenvalue weighted by Crippen LogP contribution is 2.44. The quantitative estimate of drug-likeness (QED) is 0.149. The van der Waals surface area contributed by atoms with Crippen LogP contribution in [0.2, 0.25) is 0 Å². The van der Waals surface area contributed by atoms with Crippen molar-refractivity contribution in [2.24, 2.45) is 0 Å². The van der Waals surface area contributed by atoms with Gasteiger partial charge < -0.3 is 9.13 Å². The lowest BCUT2D eigenvalue weighted by Gasteiger charge is -2.19. The van der Waals surface area contributed by atoms with Gasteiger partial charge in [0.1, 0.15) is 11.6 Å². The standard InChI is InChI=1S/C64H40F6N4/c1-38-25-44(29-48(27-38)63(65,66)67)42-21-23-59-52(31-42)50-17-9-11-19-57(50)73(59)61-35-47(46-33-55(40-13-5-3-6-14-40)72-56(34-46)41-15-7-4-8-16-41)36-62(54(61)37-71)74-58-20-12-10-18-51(58)53-32-43(22-24-60(53)74)45-26-39(2)28-49(30-45)64(68,69)70/h3-36H,1-2H3. The van der Waals surface area contributed by atoms with E-state index in [1.807, 2.05) is 170 Å². The van der Waals surface area contributed by atoms with E-state index in [4.69, 9.17) is 4.98 Å². The summed E-state index contributed by atoms with van der Waals surface area (Å²) in [6, 6.07) is 65.5. The van der Waals surface area contributed by atoms with E-state index in [1.54, 1.807) is 26.0 Å². The minimum Gasteiger partial charge on any atom is -0.308 e. The summed E-state index contributed by atoms with van der Waals surface area (Å²) in [4.78, 5) is 5.17. The number of halogens is 6. The maximum Gasteiger partial charge on any atom is 0.416 e. The van der Waals surface area contributed by atoms with Gasteiger partial charge in [-0.15, -0.1) is 0 Å². The largest absolute Gasteiger partial charge is 0.416 e. The van der Waals surface area contributed by atoms with Gasteiger partial charge in [0, 0.05) is 32.7 Å². The molecule has 0 aliphatic carbocycles. The molecule has 3 heterocycles. The topological polar surface area (TPSA) is 46.5 Å². The van der Waals surface area contributed by atoms with Crippen LogP contribution in [-0.4, -0.2) is 14.1 Å². The number of benzene rings is 9. The summed E-state index contributed by atoms with van der Waals surface area (Å²) in [6.07, 6.45) is -9.06. The Morgan fingerprint density at radius 3 is 1.16 bits per heavy atom. The van der Waals surface area contributed by atoms with Crippen LogP contribution in [-0.2, 0) is 12.4 Å². The first-order valence-electron chi connectivity index (χ1n) is 23.9. The van der Waals surface area contributed by atoms with Crippen molar-refractivity contribution in [3.8, 4) is 73.3 Å². The molecular formula is C64H40F6N4. The van der Waals surface area contributed by atoms with Crippen molar-refractivity contribution in [2.45, 2.75) is 26.2 Å². The molecular weight excluding hydrogens is 939 g/mol. The number of para-hydroxylation sites is 2. The van der Waals surface area contributed by atoms with Crippen LogP contribution in [0.1, 0.15) is 27.8 Å². The van der Waals surface area contributed by atoms with E-state index < -0.39 is 23.5 Å². The van der Waals surface area contributed by atoms with Crippen LogP contribution in [0, 0.1) is 25.2 Å². The summed E-state index contributed by atoms with van der Waals surface area (Å²) in [6.45, 7) is 3.30. The molecule has 12 rings (SSSR count). The molecule has 10 heteroatoms. The molecule has 12 aromatic rings. The van der Waals surface area contributed by atoms with E-state index in [0.29, 0.717) is 50.3 Å². The van der Waals surface area contributed by atoms with Crippen LogP contribution < -0.4 is 0 Å². The molecule has 0 unspecified atom stereocenters. The third-order valence-corrected chi connectivity index (χ3v) is 13.8. The summed E-state index contributed by atoms with van der Waals surface area (Å²) in [7, 11) is 0. The van der Waals surface area contributed by atoms with Crippen LogP contribution in [0.4, 0.5) is 26.3 Å². The first-order valence-corrected chi connectivity index (χ1v) is 23.9. The van der Waals surface area contributed by atoms with Gasteiger partial charge >= 0.3 is 12.4 Å².